The summed E-state index contributed by atoms with van der Waals surface area (Å²) in [6.45, 7) is 7.84. The SMILES string of the molecule is Cl.Cl.O=C(NCCCN1CCNCC1)C1CCN(c2nc3ccccc3o2)CC1. The number of amides is 1. The number of oxazole rings is 1. The van der Waals surface area contributed by atoms with Crippen molar-refractivity contribution in [3.05, 3.63) is 24.3 Å². The van der Waals surface area contributed by atoms with Crippen LogP contribution in [0.5, 0.6) is 0 Å². The van der Waals surface area contributed by atoms with Crippen molar-refractivity contribution in [1.29, 1.82) is 0 Å². The molecule has 9 heteroatoms. The Hall–Kier alpha value is -1.54. The minimum Gasteiger partial charge on any atom is -0.423 e. The van der Waals surface area contributed by atoms with Gasteiger partial charge in [0.05, 0.1) is 0 Å². The van der Waals surface area contributed by atoms with Gasteiger partial charge >= 0.3 is 0 Å². The van der Waals surface area contributed by atoms with Crippen molar-refractivity contribution in [3.8, 4) is 0 Å². The number of benzene rings is 1. The standard InChI is InChI=1S/C20H29N5O2.2ClH/c26-19(22-8-3-11-24-14-9-21-10-15-24)16-6-12-25(13-7-16)20-23-17-4-1-2-5-18(17)27-20;;/h1-2,4-5,16,21H,3,6-15H2,(H,22,26);2*1H. The van der Waals surface area contributed by atoms with Crippen LogP contribution in [0.2, 0.25) is 0 Å². The zero-order valence-corrected chi connectivity index (χ0v) is 18.3. The molecule has 4 rings (SSSR count). The Kier molecular flexibility index (Phi) is 9.49. The summed E-state index contributed by atoms with van der Waals surface area (Å²) in [6, 6.07) is 8.49. The molecule has 162 valence electrons. The highest BCUT2D eigenvalue weighted by Crippen LogP contribution is 2.26. The number of hydrogen-bond acceptors (Lipinski definition) is 6. The molecule has 1 amide bonds. The van der Waals surface area contributed by atoms with E-state index in [1.807, 2.05) is 24.3 Å². The van der Waals surface area contributed by atoms with Crippen LogP contribution in [0.25, 0.3) is 11.1 Å². The lowest BCUT2D eigenvalue weighted by Gasteiger charge is -2.30. The Bertz CT molecular complexity index is 725. The fourth-order valence-corrected chi connectivity index (χ4v) is 3.92. The number of nitrogens with one attached hydrogen (secondary N) is 2. The number of carbonyl (C=O) groups is 1. The van der Waals surface area contributed by atoms with Gasteiger partial charge in [-0.3, -0.25) is 4.79 Å². The Morgan fingerprint density at radius 3 is 2.59 bits per heavy atom. The maximum absolute atomic E-state index is 12.4. The Morgan fingerprint density at radius 2 is 1.86 bits per heavy atom. The van der Waals surface area contributed by atoms with Crippen molar-refractivity contribution >= 4 is 47.8 Å². The number of halogens is 2. The van der Waals surface area contributed by atoms with Crippen LogP contribution < -0.4 is 15.5 Å². The summed E-state index contributed by atoms with van der Waals surface area (Å²) < 4.78 is 5.85. The van der Waals surface area contributed by atoms with Crippen LogP contribution in [-0.2, 0) is 4.79 Å². The quantitative estimate of drug-likeness (QED) is 0.667. The van der Waals surface area contributed by atoms with Crippen molar-refractivity contribution < 1.29 is 9.21 Å². The summed E-state index contributed by atoms with van der Waals surface area (Å²) in [5, 5.41) is 6.49. The van der Waals surface area contributed by atoms with Crippen LogP contribution in [0.4, 0.5) is 6.01 Å². The molecule has 2 aliphatic heterocycles. The summed E-state index contributed by atoms with van der Waals surface area (Å²) in [5.41, 5.74) is 1.70. The number of aromatic nitrogens is 1. The zero-order chi connectivity index (χ0) is 18.5. The van der Waals surface area contributed by atoms with E-state index >= 15 is 0 Å². The van der Waals surface area contributed by atoms with E-state index in [0.29, 0.717) is 6.01 Å². The Balaban J connectivity index is 0.00000150. The maximum atomic E-state index is 12.4. The molecule has 0 spiro atoms. The lowest BCUT2D eigenvalue weighted by molar-refractivity contribution is -0.125. The fourth-order valence-electron chi connectivity index (χ4n) is 3.92. The van der Waals surface area contributed by atoms with Gasteiger partial charge in [-0.1, -0.05) is 12.1 Å². The molecule has 0 unspecified atom stereocenters. The molecule has 2 fully saturated rings. The van der Waals surface area contributed by atoms with Gasteiger partial charge < -0.3 is 24.9 Å². The van der Waals surface area contributed by atoms with Gasteiger partial charge in [-0.25, -0.2) is 0 Å². The van der Waals surface area contributed by atoms with Gasteiger partial charge in [-0.05, 0) is 37.9 Å². The molecule has 2 aromatic rings. The number of fused-ring (bicyclic) bond motifs is 1. The largest absolute Gasteiger partial charge is 0.423 e. The van der Waals surface area contributed by atoms with E-state index in [0.717, 1.165) is 82.7 Å². The summed E-state index contributed by atoms with van der Waals surface area (Å²) in [6.07, 6.45) is 2.72. The number of piperazine rings is 1. The summed E-state index contributed by atoms with van der Waals surface area (Å²) in [5.74, 6) is 0.303. The third-order valence-electron chi connectivity index (χ3n) is 5.58. The number of nitrogens with zero attached hydrogens (tertiary/aromatic N) is 3. The fraction of sp³-hybridized carbons (Fsp3) is 0.600. The van der Waals surface area contributed by atoms with Gasteiger partial charge in [-0.15, -0.1) is 24.8 Å². The molecule has 0 bridgehead atoms. The molecule has 3 heterocycles. The normalized spacial score (nSPS) is 18.1. The number of para-hydroxylation sites is 2. The van der Waals surface area contributed by atoms with E-state index in [4.69, 9.17) is 4.42 Å². The molecular weight excluding hydrogens is 413 g/mol. The molecule has 0 saturated carbocycles. The first kappa shape index (κ1) is 23.7. The Labute approximate surface area is 184 Å². The first-order valence-electron chi connectivity index (χ1n) is 10.1. The summed E-state index contributed by atoms with van der Waals surface area (Å²) in [7, 11) is 0. The second kappa shape index (κ2) is 11.6. The van der Waals surface area contributed by atoms with Crippen molar-refractivity contribution in [2.75, 3.05) is 57.3 Å². The average molecular weight is 444 g/mol. The van der Waals surface area contributed by atoms with Crippen LogP contribution >= 0.6 is 24.8 Å². The first-order chi connectivity index (χ1) is 13.3. The predicted molar refractivity (Wildman–Crippen MR) is 120 cm³/mol. The minimum absolute atomic E-state index is 0. The van der Waals surface area contributed by atoms with Crippen molar-refractivity contribution in [2.24, 2.45) is 5.92 Å². The summed E-state index contributed by atoms with van der Waals surface area (Å²) in [4.78, 5) is 21.6. The molecule has 0 aliphatic carbocycles. The van der Waals surface area contributed by atoms with E-state index in [2.05, 4.69) is 25.4 Å². The van der Waals surface area contributed by atoms with Crippen LogP contribution in [0.1, 0.15) is 19.3 Å². The maximum Gasteiger partial charge on any atom is 0.298 e. The molecule has 7 nitrogen and oxygen atoms in total. The monoisotopic (exact) mass is 443 g/mol. The van der Waals surface area contributed by atoms with Crippen molar-refractivity contribution in [2.45, 2.75) is 19.3 Å². The molecular formula is C20H31Cl2N5O2. The number of rotatable bonds is 6. The van der Waals surface area contributed by atoms with Crippen molar-refractivity contribution in [1.82, 2.24) is 20.5 Å². The van der Waals surface area contributed by atoms with Gasteiger partial charge in [0, 0.05) is 51.7 Å². The van der Waals surface area contributed by atoms with Crippen LogP contribution in [0, 0.1) is 5.92 Å². The van der Waals surface area contributed by atoms with E-state index in [-0.39, 0.29) is 36.6 Å². The van der Waals surface area contributed by atoms with Crippen molar-refractivity contribution in [3.63, 3.8) is 0 Å². The first-order valence-corrected chi connectivity index (χ1v) is 10.1. The van der Waals surface area contributed by atoms with Crippen LogP contribution in [-0.4, -0.2) is 68.1 Å². The molecule has 29 heavy (non-hydrogen) atoms. The molecule has 2 N–H and O–H groups in total. The van der Waals surface area contributed by atoms with Gasteiger partial charge in [0.15, 0.2) is 5.58 Å². The molecule has 1 aromatic heterocycles. The lowest BCUT2D eigenvalue weighted by Crippen LogP contribution is -2.44. The highest BCUT2D eigenvalue weighted by Gasteiger charge is 2.27. The van der Waals surface area contributed by atoms with E-state index in [1.165, 1.54) is 0 Å². The highest BCUT2D eigenvalue weighted by molar-refractivity contribution is 5.85. The number of anilines is 1. The van der Waals surface area contributed by atoms with Crippen LogP contribution in [0.15, 0.2) is 28.7 Å². The Morgan fingerprint density at radius 1 is 1.14 bits per heavy atom. The third kappa shape index (κ3) is 6.22. The van der Waals surface area contributed by atoms with Gasteiger partial charge in [0.1, 0.15) is 5.52 Å². The van der Waals surface area contributed by atoms with E-state index in [9.17, 15) is 4.79 Å². The lowest BCUT2D eigenvalue weighted by atomic mass is 9.96. The van der Waals surface area contributed by atoms with Gasteiger partial charge in [0.2, 0.25) is 5.91 Å². The zero-order valence-electron chi connectivity index (χ0n) is 16.6. The second-order valence-corrected chi connectivity index (χ2v) is 7.46. The molecule has 0 atom stereocenters. The average Bonchev–Trinajstić information content (AvgIpc) is 3.16. The molecule has 1 aromatic carbocycles. The molecule has 2 saturated heterocycles. The molecule has 0 radical (unpaired) electrons. The number of piperidine rings is 1. The topological polar surface area (TPSA) is 73.6 Å². The third-order valence-corrected chi connectivity index (χ3v) is 5.58. The van der Waals surface area contributed by atoms with Gasteiger partial charge in [0.25, 0.3) is 6.01 Å². The van der Waals surface area contributed by atoms with Gasteiger partial charge in [-0.2, -0.15) is 4.98 Å². The smallest absolute Gasteiger partial charge is 0.298 e. The molecule has 2 aliphatic rings. The second-order valence-electron chi connectivity index (χ2n) is 7.46. The number of carbonyl (C=O) groups excluding carboxylic acids is 1. The summed E-state index contributed by atoms with van der Waals surface area (Å²) >= 11 is 0. The minimum atomic E-state index is 0. The van der Waals surface area contributed by atoms with E-state index in [1.54, 1.807) is 0 Å². The van der Waals surface area contributed by atoms with Crippen LogP contribution in [0.3, 0.4) is 0 Å². The number of hydrogen-bond donors (Lipinski definition) is 2. The van der Waals surface area contributed by atoms with E-state index < -0.39 is 0 Å². The highest BCUT2D eigenvalue weighted by atomic mass is 35.5. The predicted octanol–water partition coefficient (Wildman–Crippen LogP) is 2.30.